The number of anilines is 3. The van der Waals surface area contributed by atoms with Gasteiger partial charge in [0.1, 0.15) is 0 Å². The standard InChI is InChI=1S/C20H14N.C16H11N2.Au/c1-2-17-13-15-20(16-14-17)21(18-9-5-3-6-10-18)19-11-7-4-8-12-19;1-2-7-13(8-3-1)14-10-6-11-16(18-14)15-9-4-5-12-17-15;/h3-16H;1-7,9-12H;/q2*-1;. The van der Waals surface area contributed by atoms with Gasteiger partial charge in [-0.15, -0.1) is 53.6 Å². The Kier molecular flexibility index (Phi) is 10.2. The summed E-state index contributed by atoms with van der Waals surface area (Å²) in [5, 5.41) is 0. The van der Waals surface area contributed by atoms with Crippen molar-refractivity contribution in [3.63, 3.8) is 0 Å². The molecule has 0 aliphatic heterocycles. The fraction of sp³-hybridized carbons (Fsp3) is 0. The molecule has 6 rings (SSSR count). The second-order valence-electron chi connectivity index (χ2n) is 8.58. The van der Waals surface area contributed by atoms with Crippen molar-refractivity contribution in [2.24, 2.45) is 0 Å². The monoisotopic (exact) mass is 696 g/mol. The van der Waals surface area contributed by atoms with Gasteiger partial charge < -0.3 is 11.3 Å². The van der Waals surface area contributed by atoms with Crippen molar-refractivity contribution in [3.8, 4) is 28.6 Å². The molecule has 40 heavy (non-hydrogen) atoms. The third-order valence-corrected chi connectivity index (χ3v) is 5.96. The molecule has 0 N–H and O–H groups in total. The van der Waals surface area contributed by atoms with Crippen LogP contribution in [0, 0.1) is 18.4 Å². The number of hydrogen-bond acceptors (Lipinski definition) is 3. The molecule has 1 radical (unpaired) electrons. The Labute approximate surface area is 251 Å². The van der Waals surface area contributed by atoms with Crippen LogP contribution in [0.25, 0.3) is 22.6 Å². The molecule has 4 heteroatoms. The summed E-state index contributed by atoms with van der Waals surface area (Å²) in [5.74, 6) is 2.40. The van der Waals surface area contributed by atoms with E-state index in [4.69, 9.17) is 6.42 Å². The molecule has 0 amide bonds. The van der Waals surface area contributed by atoms with Gasteiger partial charge >= 0.3 is 0 Å². The van der Waals surface area contributed by atoms with E-state index in [-0.39, 0.29) is 22.4 Å². The van der Waals surface area contributed by atoms with Gasteiger partial charge in [-0.3, -0.25) is 15.9 Å². The van der Waals surface area contributed by atoms with E-state index in [1.54, 1.807) is 6.20 Å². The van der Waals surface area contributed by atoms with Gasteiger partial charge in [-0.2, -0.15) is 0 Å². The van der Waals surface area contributed by atoms with Crippen LogP contribution in [0.3, 0.4) is 0 Å². The van der Waals surface area contributed by atoms with E-state index >= 15 is 0 Å². The number of nitrogens with zero attached hydrogens (tertiary/aromatic N) is 3. The number of rotatable bonds is 5. The van der Waals surface area contributed by atoms with Crippen LogP contribution in [0.4, 0.5) is 17.1 Å². The number of hydrogen-bond donors (Lipinski definition) is 0. The van der Waals surface area contributed by atoms with Gasteiger partial charge in [-0.25, -0.2) is 0 Å². The first-order valence-corrected chi connectivity index (χ1v) is 12.6. The average molecular weight is 697 g/mol. The fourth-order valence-electron chi connectivity index (χ4n) is 4.09. The van der Waals surface area contributed by atoms with E-state index in [0.717, 1.165) is 45.3 Å². The summed E-state index contributed by atoms with van der Waals surface area (Å²) in [6.45, 7) is 0. The third-order valence-electron chi connectivity index (χ3n) is 5.96. The van der Waals surface area contributed by atoms with Crippen molar-refractivity contribution < 1.29 is 22.4 Å². The van der Waals surface area contributed by atoms with Crippen molar-refractivity contribution >= 4 is 17.1 Å². The Morgan fingerprint density at radius 2 is 1.12 bits per heavy atom. The molecule has 2 heterocycles. The zero-order valence-electron chi connectivity index (χ0n) is 21.6. The molecule has 2 aromatic heterocycles. The maximum atomic E-state index is 7.19. The fourth-order valence-corrected chi connectivity index (χ4v) is 4.09. The van der Waals surface area contributed by atoms with Crippen LogP contribution in [0.2, 0.25) is 0 Å². The average Bonchev–Trinajstić information content (AvgIpc) is 3.04. The second kappa shape index (κ2) is 14.4. The maximum absolute atomic E-state index is 7.19. The Morgan fingerprint density at radius 3 is 1.70 bits per heavy atom. The summed E-state index contributed by atoms with van der Waals surface area (Å²) < 4.78 is 0. The minimum absolute atomic E-state index is 0. The van der Waals surface area contributed by atoms with E-state index in [1.807, 2.05) is 121 Å². The molecule has 0 atom stereocenters. The van der Waals surface area contributed by atoms with E-state index in [9.17, 15) is 0 Å². The van der Waals surface area contributed by atoms with E-state index < -0.39 is 0 Å². The first-order chi connectivity index (χ1) is 19.3. The van der Waals surface area contributed by atoms with E-state index in [1.165, 1.54) is 0 Å². The topological polar surface area (TPSA) is 29.0 Å². The SMILES string of the molecule is [Au].[C-]#Cc1ccc(N(c2ccccc2)c2ccccc2)cc1.[c-]1ccccc1-c1cccc(-c2ccccn2)n1. The van der Waals surface area contributed by atoms with Crippen LogP contribution in [0.1, 0.15) is 5.56 Å². The number of para-hydroxylation sites is 2. The first kappa shape index (κ1) is 28.3. The Balaban J connectivity index is 0.000000182. The minimum atomic E-state index is 0. The normalized spacial score (nSPS) is 9.78. The summed E-state index contributed by atoms with van der Waals surface area (Å²) in [6.07, 6.45) is 8.96. The molecular formula is C36H25AuN3-2. The molecule has 0 aliphatic rings. The predicted molar refractivity (Wildman–Crippen MR) is 159 cm³/mol. The molecule has 0 aliphatic carbocycles. The molecule has 3 nitrogen and oxygen atoms in total. The minimum Gasteiger partial charge on any atom is -0.366 e. The van der Waals surface area contributed by atoms with Crippen LogP contribution in [-0.2, 0) is 22.4 Å². The molecule has 0 spiro atoms. The molecule has 4 aromatic carbocycles. The van der Waals surface area contributed by atoms with Crippen LogP contribution in [0.5, 0.6) is 0 Å². The molecule has 6 aromatic rings. The van der Waals surface area contributed by atoms with Crippen molar-refractivity contribution in [2.45, 2.75) is 0 Å². The Morgan fingerprint density at radius 1 is 0.550 bits per heavy atom. The van der Waals surface area contributed by atoms with Crippen molar-refractivity contribution in [1.29, 1.82) is 0 Å². The van der Waals surface area contributed by atoms with Gasteiger partial charge in [0, 0.05) is 45.6 Å². The van der Waals surface area contributed by atoms with Crippen LogP contribution < -0.4 is 4.90 Å². The van der Waals surface area contributed by atoms with Crippen LogP contribution >= 0.6 is 0 Å². The van der Waals surface area contributed by atoms with Gasteiger partial charge in [0.25, 0.3) is 0 Å². The first-order valence-electron chi connectivity index (χ1n) is 12.6. The molecule has 0 unspecified atom stereocenters. The molecule has 0 saturated carbocycles. The summed E-state index contributed by atoms with van der Waals surface area (Å²) in [6, 6.07) is 51.1. The van der Waals surface area contributed by atoms with Gasteiger partial charge in [0.05, 0.1) is 11.4 Å². The zero-order valence-corrected chi connectivity index (χ0v) is 23.7. The molecule has 0 saturated heterocycles. The maximum Gasteiger partial charge on any atom is 0.0876 e. The predicted octanol–water partition coefficient (Wildman–Crippen LogP) is 8.70. The molecule has 0 bridgehead atoms. The van der Waals surface area contributed by atoms with Gasteiger partial charge in [-0.05, 0) is 48.2 Å². The van der Waals surface area contributed by atoms with Gasteiger partial charge in [-0.1, -0.05) is 66.7 Å². The van der Waals surface area contributed by atoms with E-state index in [0.29, 0.717) is 0 Å². The van der Waals surface area contributed by atoms with E-state index in [2.05, 4.69) is 51.1 Å². The summed E-state index contributed by atoms with van der Waals surface area (Å²) >= 11 is 0. The number of benzene rings is 4. The molecule has 197 valence electrons. The third kappa shape index (κ3) is 7.23. The molecular weight excluding hydrogens is 671 g/mol. The summed E-state index contributed by atoms with van der Waals surface area (Å²) in [5.41, 5.74) is 7.73. The van der Waals surface area contributed by atoms with Crippen molar-refractivity contribution in [1.82, 2.24) is 9.97 Å². The quantitative estimate of drug-likeness (QED) is 0.103. The summed E-state index contributed by atoms with van der Waals surface area (Å²) in [4.78, 5) is 11.1. The largest absolute Gasteiger partial charge is 0.366 e. The Bertz CT molecular complexity index is 1540. The summed E-state index contributed by atoms with van der Waals surface area (Å²) in [7, 11) is 0. The van der Waals surface area contributed by atoms with Crippen LogP contribution in [0.15, 0.2) is 152 Å². The van der Waals surface area contributed by atoms with Crippen LogP contribution in [-0.4, -0.2) is 9.97 Å². The van der Waals surface area contributed by atoms with Crippen molar-refractivity contribution in [2.75, 3.05) is 4.90 Å². The number of pyridine rings is 2. The van der Waals surface area contributed by atoms with Gasteiger partial charge in [0.15, 0.2) is 0 Å². The molecule has 0 fully saturated rings. The van der Waals surface area contributed by atoms with Gasteiger partial charge in [0.2, 0.25) is 0 Å². The zero-order chi connectivity index (χ0) is 26.7. The smallest absolute Gasteiger partial charge is 0.0876 e. The second-order valence-corrected chi connectivity index (χ2v) is 8.58. The number of aromatic nitrogens is 2. The van der Waals surface area contributed by atoms with Crippen molar-refractivity contribution in [3.05, 3.63) is 170 Å². The Hall–Kier alpha value is -4.72.